The van der Waals surface area contributed by atoms with Gasteiger partial charge in [-0.1, -0.05) is 0 Å². The Kier molecular flexibility index (Phi) is 6.73. The zero-order valence-corrected chi connectivity index (χ0v) is 12.8. The summed E-state index contributed by atoms with van der Waals surface area (Å²) < 4.78 is 23.7. The van der Waals surface area contributed by atoms with Crippen molar-refractivity contribution in [2.24, 2.45) is 5.73 Å². The number of methoxy groups -OCH3 is 1. The lowest BCUT2D eigenvalue weighted by atomic mass is 10.1. The van der Waals surface area contributed by atoms with E-state index in [2.05, 4.69) is 10.1 Å². The Bertz CT molecular complexity index is 556. The number of nitrogens with two attached hydrogens (primary N) is 1. The molecule has 22 heavy (non-hydrogen) atoms. The lowest BCUT2D eigenvalue weighted by Crippen LogP contribution is -2.30. The van der Waals surface area contributed by atoms with Gasteiger partial charge in [-0.05, 0) is 31.0 Å². The first kappa shape index (κ1) is 18.3. The fourth-order valence-electron chi connectivity index (χ4n) is 2.15. The first-order valence-corrected chi connectivity index (χ1v) is 6.59. The number of nitrogens with one attached hydrogen (secondary N) is 1. The van der Waals surface area contributed by atoms with Crippen LogP contribution in [-0.2, 0) is 14.3 Å². The smallest absolute Gasteiger partial charge is 0.337 e. The molecule has 0 radical (unpaired) electrons. The van der Waals surface area contributed by atoms with Crippen molar-refractivity contribution in [3.8, 4) is 0 Å². The van der Waals surface area contributed by atoms with E-state index in [1.165, 1.54) is 19.2 Å². The van der Waals surface area contributed by atoms with Crippen LogP contribution in [0.3, 0.4) is 0 Å². The van der Waals surface area contributed by atoms with Crippen LogP contribution in [0, 0.1) is 5.82 Å². The standard InChI is InChI=1S/C14H17FN2O4.ClH/c1-20-14(19)8-2-4-10(15)11(6-8)17-13(18)12-5-3-9(7-16)21-12;/h2,4,6,9,12H,3,5,7,16H2,1H3,(H,17,18);1H/t9-,12+;/m1./s1. The fourth-order valence-corrected chi connectivity index (χ4v) is 2.15. The van der Waals surface area contributed by atoms with Gasteiger partial charge in [-0.25, -0.2) is 9.18 Å². The number of benzene rings is 1. The number of carbonyl (C=O) groups is 2. The molecule has 0 spiro atoms. The van der Waals surface area contributed by atoms with E-state index < -0.39 is 23.8 Å². The van der Waals surface area contributed by atoms with Gasteiger partial charge < -0.3 is 20.5 Å². The van der Waals surface area contributed by atoms with Crippen LogP contribution in [0.5, 0.6) is 0 Å². The van der Waals surface area contributed by atoms with Crippen LogP contribution in [-0.4, -0.2) is 37.7 Å². The van der Waals surface area contributed by atoms with Crippen LogP contribution >= 0.6 is 12.4 Å². The third-order valence-corrected chi connectivity index (χ3v) is 3.31. The summed E-state index contributed by atoms with van der Waals surface area (Å²) in [5.74, 6) is -1.69. The molecular weight excluding hydrogens is 315 g/mol. The third kappa shape index (κ3) is 4.16. The molecule has 1 fully saturated rings. The normalized spacial score (nSPS) is 20.1. The number of hydrogen-bond acceptors (Lipinski definition) is 5. The molecule has 0 aliphatic carbocycles. The average molecular weight is 333 g/mol. The van der Waals surface area contributed by atoms with Gasteiger partial charge in [0.05, 0.1) is 24.5 Å². The first-order chi connectivity index (χ1) is 10.0. The fraction of sp³-hybridized carbons (Fsp3) is 0.429. The van der Waals surface area contributed by atoms with Gasteiger partial charge in [0.2, 0.25) is 0 Å². The molecule has 0 aromatic heterocycles. The Hall–Kier alpha value is -1.70. The summed E-state index contributed by atoms with van der Waals surface area (Å²) in [4.78, 5) is 23.4. The number of halogens is 2. The number of amides is 1. The van der Waals surface area contributed by atoms with Gasteiger partial charge in [0.15, 0.2) is 0 Å². The molecule has 2 atom stereocenters. The summed E-state index contributed by atoms with van der Waals surface area (Å²) in [7, 11) is 1.23. The summed E-state index contributed by atoms with van der Waals surface area (Å²) in [6, 6.07) is 3.61. The van der Waals surface area contributed by atoms with E-state index in [1.807, 2.05) is 0 Å². The number of carbonyl (C=O) groups excluding carboxylic acids is 2. The molecule has 122 valence electrons. The number of esters is 1. The zero-order chi connectivity index (χ0) is 15.4. The molecule has 3 N–H and O–H groups in total. The van der Waals surface area contributed by atoms with E-state index in [-0.39, 0.29) is 29.8 Å². The molecule has 0 unspecified atom stereocenters. The Morgan fingerprint density at radius 3 is 2.77 bits per heavy atom. The zero-order valence-electron chi connectivity index (χ0n) is 12.0. The van der Waals surface area contributed by atoms with E-state index in [4.69, 9.17) is 10.5 Å². The van der Waals surface area contributed by atoms with Crippen molar-refractivity contribution < 1.29 is 23.5 Å². The Morgan fingerprint density at radius 2 is 2.18 bits per heavy atom. The summed E-state index contributed by atoms with van der Waals surface area (Å²) >= 11 is 0. The molecule has 1 aromatic rings. The van der Waals surface area contributed by atoms with Crippen LogP contribution in [0.4, 0.5) is 10.1 Å². The first-order valence-electron chi connectivity index (χ1n) is 6.59. The molecule has 1 saturated heterocycles. The number of anilines is 1. The van der Waals surface area contributed by atoms with Crippen LogP contribution in [0.25, 0.3) is 0 Å². The highest BCUT2D eigenvalue weighted by atomic mass is 35.5. The van der Waals surface area contributed by atoms with Crippen molar-refractivity contribution in [2.75, 3.05) is 19.0 Å². The molecule has 8 heteroatoms. The molecule has 1 heterocycles. The van der Waals surface area contributed by atoms with Gasteiger partial charge in [-0.3, -0.25) is 4.79 Å². The molecule has 1 aliphatic rings. The lowest BCUT2D eigenvalue weighted by Gasteiger charge is -2.13. The molecule has 0 saturated carbocycles. The largest absolute Gasteiger partial charge is 0.465 e. The Balaban J connectivity index is 0.00000242. The Labute approximate surface area is 133 Å². The maximum Gasteiger partial charge on any atom is 0.337 e. The van der Waals surface area contributed by atoms with Gasteiger partial charge in [-0.15, -0.1) is 12.4 Å². The molecule has 2 rings (SSSR count). The topological polar surface area (TPSA) is 90.7 Å². The SMILES string of the molecule is COC(=O)c1ccc(F)c(NC(=O)[C@@H]2CC[C@H](CN)O2)c1.Cl. The quantitative estimate of drug-likeness (QED) is 0.815. The number of ether oxygens (including phenoxy) is 2. The van der Waals surface area contributed by atoms with Gasteiger partial charge in [0.25, 0.3) is 5.91 Å². The molecule has 1 aromatic carbocycles. The van der Waals surface area contributed by atoms with Gasteiger partial charge in [-0.2, -0.15) is 0 Å². The Morgan fingerprint density at radius 1 is 1.45 bits per heavy atom. The minimum Gasteiger partial charge on any atom is -0.465 e. The second kappa shape index (κ2) is 8.07. The number of hydrogen-bond donors (Lipinski definition) is 2. The van der Waals surface area contributed by atoms with Crippen LogP contribution in [0.15, 0.2) is 18.2 Å². The highest BCUT2D eigenvalue weighted by Gasteiger charge is 2.30. The van der Waals surface area contributed by atoms with Crippen molar-refractivity contribution >= 4 is 30.0 Å². The third-order valence-electron chi connectivity index (χ3n) is 3.31. The maximum absolute atomic E-state index is 13.7. The van der Waals surface area contributed by atoms with Crippen molar-refractivity contribution in [3.63, 3.8) is 0 Å². The number of rotatable bonds is 4. The molecule has 1 amide bonds. The molecule has 6 nitrogen and oxygen atoms in total. The lowest BCUT2D eigenvalue weighted by molar-refractivity contribution is -0.126. The van der Waals surface area contributed by atoms with Crippen LogP contribution < -0.4 is 11.1 Å². The average Bonchev–Trinajstić information content (AvgIpc) is 2.97. The highest BCUT2D eigenvalue weighted by molar-refractivity contribution is 5.96. The molecule has 0 bridgehead atoms. The molecule has 1 aliphatic heterocycles. The molecular formula is C14H18ClFN2O4. The van der Waals surface area contributed by atoms with Crippen LogP contribution in [0.2, 0.25) is 0 Å². The second-order valence-electron chi connectivity index (χ2n) is 4.74. The van der Waals surface area contributed by atoms with Crippen molar-refractivity contribution in [1.82, 2.24) is 0 Å². The van der Waals surface area contributed by atoms with Crippen molar-refractivity contribution in [3.05, 3.63) is 29.6 Å². The van der Waals surface area contributed by atoms with Crippen LogP contribution in [0.1, 0.15) is 23.2 Å². The predicted octanol–water partition coefficient (Wildman–Crippen LogP) is 1.48. The second-order valence-corrected chi connectivity index (χ2v) is 4.74. The van der Waals surface area contributed by atoms with E-state index >= 15 is 0 Å². The van der Waals surface area contributed by atoms with Crippen molar-refractivity contribution in [1.29, 1.82) is 0 Å². The van der Waals surface area contributed by atoms with E-state index in [0.29, 0.717) is 19.4 Å². The minimum absolute atomic E-state index is 0. The summed E-state index contributed by atoms with van der Waals surface area (Å²) in [5, 5.41) is 2.43. The van der Waals surface area contributed by atoms with Gasteiger partial charge in [0, 0.05) is 6.54 Å². The maximum atomic E-state index is 13.7. The highest BCUT2D eigenvalue weighted by Crippen LogP contribution is 2.22. The van der Waals surface area contributed by atoms with Crippen molar-refractivity contribution in [2.45, 2.75) is 25.0 Å². The van der Waals surface area contributed by atoms with E-state index in [1.54, 1.807) is 0 Å². The van der Waals surface area contributed by atoms with E-state index in [0.717, 1.165) is 6.07 Å². The van der Waals surface area contributed by atoms with E-state index in [9.17, 15) is 14.0 Å². The summed E-state index contributed by atoms with van der Waals surface area (Å²) in [6.45, 7) is 0.343. The minimum atomic E-state index is -0.653. The van der Waals surface area contributed by atoms with Gasteiger partial charge >= 0.3 is 5.97 Å². The monoisotopic (exact) mass is 332 g/mol. The van der Waals surface area contributed by atoms with Gasteiger partial charge in [0.1, 0.15) is 11.9 Å². The summed E-state index contributed by atoms with van der Waals surface area (Å²) in [6.07, 6.45) is 0.428. The predicted molar refractivity (Wildman–Crippen MR) is 80.6 cm³/mol. The summed E-state index contributed by atoms with van der Waals surface area (Å²) in [5.41, 5.74) is 5.55.